The molecule has 0 saturated carbocycles. The number of amides is 1. The lowest BCUT2D eigenvalue weighted by molar-refractivity contribution is -0.274. The van der Waals surface area contributed by atoms with Crippen molar-refractivity contribution in [3.05, 3.63) is 29.8 Å². The van der Waals surface area contributed by atoms with Crippen LogP contribution in [0.1, 0.15) is 12.0 Å². The summed E-state index contributed by atoms with van der Waals surface area (Å²) in [4.78, 5) is 13.6. The summed E-state index contributed by atoms with van der Waals surface area (Å²) in [5.74, 6) is -0.0687. The van der Waals surface area contributed by atoms with Gasteiger partial charge in [-0.1, -0.05) is 12.1 Å². The van der Waals surface area contributed by atoms with Gasteiger partial charge in [0, 0.05) is 26.6 Å². The molecule has 0 N–H and O–H groups in total. The number of methoxy groups -OCH3 is 1. The molecular weight excluding hydrogens is 299 g/mol. The third kappa shape index (κ3) is 4.91. The number of rotatable bonds is 6. The summed E-state index contributed by atoms with van der Waals surface area (Å²) in [6.45, 7) is 1.63. The number of ether oxygens (including phenoxy) is 2. The van der Waals surface area contributed by atoms with Crippen molar-refractivity contribution >= 4 is 5.91 Å². The minimum Gasteiger partial charge on any atom is -0.406 e. The fourth-order valence-electron chi connectivity index (χ4n) is 2.61. The van der Waals surface area contributed by atoms with Crippen molar-refractivity contribution < 1.29 is 27.4 Å². The molecule has 1 aliphatic heterocycles. The van der Waals surface area contributed by atoms with Gasteiger partial charge in [-0.05, 0) is 30.0 Å². The van der Waals surface area contributed by atoms with E-state index in [-0.39, 0.29) is 17.6 Å². The molecule has 1 atom stereocenters. The van der Waals surface area contributed by atoms with Crippen LogP contribution < -0.4 is 4.74 Å². The summed E-state index contributed by atoms with van der Waals surface area (Å²) >= 11 is 0. The number of hydrogen-bond donors (Lipinski definition) is 0. The van der Waals surface area contributed by atoms with Crippen LogP contribution in [0.4, 0.5) is 13.2 Å². The molecule has 0 bridgehead atoms. The maximum Gasteiger partial charge on any atom is 0.573 e. The minimum absolute atomic E-state index is 0.0600. The highest BCUT2D eigenvalue weighted by Crippen LogP contribution is 2.26. The molecular formula is C15H18F3NO3. The van der Waals surface area contributed by atoms with E-state index in [4.69, 9.17) is 4.74 Å². The lowest BCUT2D eigenvalue weighted by Gasteiger charge is -2.16. The van der Waals surface area contributed by atoms with Crippen LogP contribution in [0.5, 0.6) is 5.75 Å². The third-order valence-corrected chi connectivity index (χ3v) is 3.52. The number of halogens is 3. The van der Waals surface area contributed by atoms with Crippen molar-refractivity contribution in [1.82, 2.24) is 4.90 Å². The van der Waals surface area contributed by atoms with Gasteiger partial charge in [0.15, 0.2) is 0 Å². The van der Waals surface area contributed by atoms with Crippen LogP contribution in [0.15, 0.2) is 24.3 Å². The van der Waals surface area contributed by atoms with Crippen LogP contribution in [-0.4, -0.2) is 44.0 Å². The molecule has 0 radical (unpaired) electrons. The highest BCUT2D eigenvalue weighted by atomic mass is 19.4. The highest BCUT2D eigenvalue weighted by Gasteiger charge is 2.32. The van der Waals surface area contributed by atoms with Gasteiger partial charge in [0.05, 0.1) is 6.61 Å². The maximum absolute atomic E-state index is 12.2. The Bertz CT molecular complexity index is 519. The summed E-state index contributed by atoms with van der Waals surface area (Å²) in [6.07, 6.45) is -3.74. The molecule has 1 aromatic rings. The first-order chi connectivity index (χ1) is 10.4. The number of benzene rings is 1. The van der Waals surface area contributed by atoms with E-state index in [1.165, 1.54) is 18.2 Å². The monoisotopic (exact) mass is 317 g/mol. The standard InChI is InChI=1S/C15H18F3NO3/c1-21-6-5-19-10-12(9-14(19)20)7-11-3-2-4-13(8-11)22-15(16,17)18/h2-4,8,12H,5-7,9-10H2,1H3. The Hall–Kier alpha value is -1.76. The zero-order chi connectivity index (χ0) is 16.2. The van der Waals surface area contributed by atoms with Crippen molar-refractivity contribution in [2.75, 3.05) is 26.8 Å². The Balaban J connectivity index is 1.94. The molecule has 1 saturated heterocycles. The molecule has 1 heterocycles. The molecule has 0 aromatic heterocycles. The third-order valence-electron chi connectivity index (χ3n) is 3.52. The lowest BCUT2D eigenvalue weighted by Crippen LogP contribution is -2.28. The van der Waals surface area contributed by atoms with Gasteiger partial charge in [0.2, 0.25) is 5.91 Å². The highest BCUT2D eigenvalue weighted by molar-refractivity contribution is 5.78. The van der Waals surface area contributed by atoms with Crippen molar-refractivity contribution in [2.45, 2.75) is 19.2 Å². The van der Waals surface area contributed by atoms with Crippen molar-refractivity contribution in [1.29, 1.82) is 0 Å². The molecule has 2 rings (SSSR count). The van der Waals surface area contributed by atoms with E-state index < -0.39 is 6.36 Å². The largest absolute Gasteiger partial charge is 0.573 e. The number of carbonyl (C=O) groups is 1. The minimum atomic E-state index is -4.70. The molecule has 1 aromatic carbocycles. The van der Waals surface area contributed by atoms with Crippen LogP contribution in [0.2, 0.25) is 0 Å². The second-order valence-electron chi connectivity index (χ2n) is 5.30. The van der Waals surface area contributed by atoms with Crippen LogP contribution in [-0.2, 0) is 16.0 Å². The fraction of sp³-hybridized carbons (Fsp3) is 0.533. The van der Waals surface area contributed by atoms with Gasteiger partial charge < -0.3 is 14.4 Å². The molecule has 1 amide bonds. The molecule has 1 fully saturated rings. The molecule has 7 heteroatoms. The van der Waals surface area contributed by atoms with E-state index in [9.17, 15) is 18.0 Å². The van der Waals surface area contributed by atoms with Crippen LogP contribution in [0.3, 0.4) is 0 Å². The lowest BCUT2D eigenvalue weighted by atomic mass is 9.98. The first kappa shape index (κ1) is 16.6. The van der Waals surface area contributed by atoms with Gasteiger partial charge >= 0.3 is 6.36 Å². The smallest absolute Gasteiger partial charge is 0.406 e. The summed E-state index contributed by atoms with van der Waals surface area (Å²) < 4.78 is 45.5. The Morgan fingerprint density at radius 3 is 2.82 bits per heavy atom. The summed E-state index contributed by atoms with van der Waals surface area (Å²) in [5.41, 5.74) is 0.730. The van der Waals surface area contributed by atoms with E-state index in [0.29, 0.717) is 32.5 Å². The van der Waals surface area contributed by atoms with Crippen molar-refractivity contribution in [3.8, 4) is 5.75 Å². The average Bonchev–Trinajstić information content (AvgIpc) is 2.75. The molecule has 0 aliphatic carbocycles. The summed E-state index contributed by atoms with van der Waals surface area (Å²) in [6, 6.07) is 5.90. The maximum atomic E-state index is 12.2. The van der Waals surface area contributed by atoms with Crippen LogP contribution in [0, 0.1) is 5.92 Å². The van der Waals surface area contributed by atoms with Gasteiger partial charge in [-0.3, -0.25) is 4.79 Å². The first-order valence-corrected chi connectivity index (χ1v) is 6.99. The molecule has 1 aliphatic rings. The predicted octanol–water partition coefficient (Wildman–Crippen LogP) is 2.62. The van der Waals surface area contributed by atoms with Crippen LogP contribution >= 0.6 is 0 Å². The second-order valence-corrected chi connectivity index (χ2v) is 5.30. The zero-order valence-electron chi connectivity index (χ0n) is 12.2. The van der Waals surface area contributed by atoms with Gasteiger partial charge in [-0.25, -0.2) is 0 Å². The number of nitrogens with zero attached hydrogens (tertiary/aromatic N) is 1. The topological polar surface area (TPSA) is 38.8 Å². The fourth-order valence-corrected chi connectivity index (χ4v) is 2.61. The molecule has 22 heavy (non-hydrogen) atoms. The van der Waals surface area contributed by atoms with Crippen LogP contribution in [0.25, 0.3) is 0 Å². The summed E-state index contributed by atoms with van der Waals surface area (Å²) in [5, 5.41) is 0. The summed E-state index contributed by atoms with van der Waals surface area (Å²) in [7, 11) is 1.57. The van der Waals surface area contributed by atoms with Gasteiger partial charge in [0.25, 0.3) is 0 Å². The van der Waals surface area contributed by atoms with E-state index in [2.05, 4.69) is 4.74 Å². The molecule has 1 unspecified atom stereocenters. The number of alkyl halides is 3. The Morgan fingerprint density at radius 1 is 1.36 bits per heavy atom. The van der Waals surface area contributed by atoms with E-state index in [1.807, 2.05) is 0 Å². The van der Waals surface area contributed by atoms with E-state index in [1.54, 1.807) is 18.1 Å². The Kier molecular flexibility index (Phi) is 5.28. The Morgan fingerprint density at radius 2 is 2.14 bits per heavy atom. The quantitative estimate of drug-likeness (QED) is 0.809. The zero-order valence-corrected chi connectivity index (χ0v) is 12.2. The molecule has 122 valence electrons. The average molecular weight is 317 g/mol. The SMILES string of the molecule is COCCN1CC(Cc2cccc(OC(F)(F)F)c2)CC1=O. The molecule has 4 nitrogen and oxygen atoms in total. The Labute approximate surface area is 126 Å². The van der Waals surface area contributed by atoms with Gasteiger partial charge in [-0.2, -0.15) is 0 Å². The predicted molar refractivity (Wildman–Crippen MR) is 73.4 cm³/mol. The number of hydrogen-bond acceptors (Lipinski definition) is 3. The van der Waals surface area contributed by atoms with E-state index >= 15 is 0 Å². The number of carbonyl (C=O) groups excluding carboxylic acids is 1. The first-order valence-electron chi connectivity index (χ1n) is 6.99. The van der Waals surface area contributed by atoms with Crippen molar-refractivity contribution in [2.24, 2.45) is 5.92 Å². The second kappa shape index (κ2) is 7.00. The van der Waals surface area contributed by atoms with Gasteiger partial charge in [0.1, 0.15) is 5.75 Å². The van der Waals surface area contributed by atoms with Gasteiger partial charge in [-0.15, -0.1) is 13.2 Å². The number of likely N-dealkylation sites (tertiary alicyclic amines) is 1. The van der Waals surface area contributed by atoms with E-state index in [0.717, 1.165) is 5.56 Å². The van der Waals surface area contributed by atoms with Crippen molar-refractivity contribution in [3.63, 3.8) is 0 Å². The molecule has 0 spiro atoms. The normalized spacial score (nSPS) is 18.8.